The summed E-state index contributed by atoms with van der Waals surface area (Å²) in [5, 5.41) is 7.61. The van der Waals surface area contributed by atoms with Gasteiger partial charge in [0.05, 0.1) is 6.61 Å². The number of hydrogen-bond acceptors (Lipinski definition) is 4. The first-order chi connectivity index (χ1) is 10.2. The van der Waals surface area contributed by atoms with E-state index in [0.29, 0.717) is 18.7 Å². The van der Waals surface area contributed by atoms with E-state index in [0.717, 1.165) is 24.4 Å². The van der Waals surface area contributed by atoms with Gasteiger partial charge in [-0.25, -0.2) is 9.67 Å². The van der Waals surface area contributed by atoms with Crippen LogP contribution < -0.4 is 10.1 Å². The number of likely N-dealkylation sites (N-methyl/N-ethyl adjacent to an activating group) is 1. The zero-order chi connectivity index (χ0) is 15.1. The Balaban J connectivity index is 1.84. The van der Waals surface area contributed by atoms with Crippen LogP contribution in [0.3, 0.4) is 0 Å². The molecule has 0 saturated heterocycles. The lowest BCUT2D eigenvalue weighted by atomic mass is 10.1. The number of para-hydroxylation sites is 1. The number of ether oxygens (including phenoxy) is 1. The van der Waals surface area contributed by atoms with Gasteiger partial charge in [0, 0.05) is 18.5 Å². The standard InChI is InChI=1S/C16H24N4O/c1-13(2)20-16(18-12-19-20)11-14(17-3)9-10-21-15-7-5-4-6-8-15/h4-8,12-14,17H,9-11H2,1-3H3. The van der Waals surface area contributed by atoms with Crippen molar-refractivity contribution in [3.8, 4) is 5.75 Å². The molecule has 0 fully saturated rings. The molecule has 1 heterocycles. The molecular formula is C16H24N4O. The lowest BCUT2D eigenvalue weighted by Crippen LogP contribution is -2.31. The summed E-state index contributed by atoms with van der Waals surface area (Å²) in [5.74, 6) is 1.93. The quantitative estimate of drug-likeness (QED) is 0.810. The van der Waals surface area contributed by atoms with Crippen molar-refractivity contribution in [2.45, 2.75) is 38.8 Å². The highest BCUT2D eigenvalue weighted by Gasteiger charge is 2.14. The van der Waals surface area contributed by atoms with Crippen LogP contribution in [0.5, 0.6) is 5.75 Å². The van der Waals surface area contributed by atoms with Crippen LogP contribution in [0.15, 0.2) is 36.7 Å². The first-order valence-corrected chi connectivity index (χ1v) is 7.44. The lowest BCUT2D eigenvalue weighted by molar-refractivity contribution is 0.286. The number of benzene rings is 1. The topological polar surface area (TPSA) is 52.0 Å². The minimum atomic E-state index is 0.329. The first kappa shape index (κ1) is 15.5. The van der Waals surface area contributed by atoms with Crippen LogP contribution in [0.2, 0.25) is 0 Å². The molecule has 5 nitrogen and oxygen atoms in total. The average molecular weight is 288 g/mol. The fourth-order valence-corrected chi connectivity index (χ4v) is 2.26. The van der Waals surface area contributed by atoms with E-state index < -0.39 is 0 Å². The molecule has 0 radical (unpaired) electrons. The summed E-state index contributed by atoms with van der Waals surface area (Å²) >= 11 is 0. The van der Waals surface area contributed by atoms with Gasteiger partial charge in [-0.05, 0) is 39.4 Å². The highest BCUT2D eigenvalue weighted by molar-refractivity contribution is 5.20. The molecule has 0 amide bonds. The van der Waals surface area contributed by atoms with Gasteiger partial charge in [-0.3, -0.25) is 0 Å². The normalized spacial score (nSPS) is 12.6. The number of aromatic nitrogens is 3. The van der Waals surface area contributed by atoms with Crippen LogP contribution in [0.25, 0.3) is 0 Å². The van der Waals surface area contributed by atoms with Crippen molar-refractivity contribution >= 4 is 0 Å². The third-order valence-corrected chi connectivity index (χ3v) is 3.45. The fraction of sp³-hybridized carbons (Fsp3) is 0.500. The predicted molar refractivity (Wildman–Crippen MR) is 83.5 cm³/mol. The summed E-state index contributed by atoms with van der Waals surface area (Å²) in [6, 6.07) is 10.6. The maximum absolute atomic E-state index is 5.75. The second kappa shape index (κ2) is 7.78. The molecule has 0 aliphatic carbocycles. The molecule has 2 rings (SSSR count). The Morgan fingerprint density at radius 3 is 2.67 bits per heavy atom. The largest absolute Gasteiger partial charge is 0.494 e. The van der Waals surface area contributed by atoms with Crippen molar-refractivity contribution in [2.75, 3.05) is 13.7 Å². The van der Waals surface area contributed by atoms with Crippen LogP contribution in [-0.2, 0) is 6.42 Å². The summed E-state index contributed by atoms with van der Waals surface area (Å²) in [7, 11) is 1.98. The van der Waals surface area contributed by atoms with Crippen LogP contribution in [0.1, 0.15) is 32.1 Å². The minimum Gasteiger partial charge on any atom is -0.494 e. The molecule has 1 aromatic carbocycles. The molecule has 5 heteroatoms. The summed E-state index contributed by atoms with van der Waals surface area (Å²) in [4.78, 5) is 4.36. The van der Waals surface area contributed by atoms with E-state index in [4.69, 9.17) is 4.74 Å². The molecule has 1 N–H and O–H groups in total. The Morgan fingerprint density at radius 2 is 2.00 bits per heavy atom. The van der Waals surface area contributed by atoms with Crippen LogP contribution in [-0.4, -0.2) is 34.5 Å². The van der Waals surface area contributed by atoms with E-state index in [1.165, 1.54) is 0 Å². The second-order valence-corrected chi connectivity index (χ2v) is 5.35. The van der Waals surface area contributed by atoms with Crippen LogP contribution >= 0.6 is 0 Å². The third-order valence-electron chi connectivity index (χ3n) is 3.45. The second-order valence-electron chi connectivity index (χ2n) is 5.35. The van der Waals surface area contributed by atoms with Gasteiger partial charge in [-0.1, -0.05) is 18.2 Å². The van der Waals surface area contributed by atoms with E-state index in [1.54, 1.807) is 6.33 Å². The molecule has 0 bridgehead atoms. The van der Waals surface area contributed by atoms with Gasteiger partial charge in [0.1, 0.15) is 17.9 Å². The molecule has 0 spiro atoms. The van der Waals surface area contributed by atoms with Crippen molar-refractivity contribution < 1.29 is 4.74 Å². The van der Waals surface area contributed by atoms with Gasteiger partial charge in [-0.2, -0.15) is 5.10 Å². The van der Waals surface area contributed by atoms with E-state index >= 15 is 0 Å². The molecule has 0 aliphatic heterocycles. The van der Waals surface area contributed by atoms with E-state index in [-0.39, 0.29) is 0 Å². The number of nitrogens with zero attached hydrogens (tertiary/aromatic N) is 3. The maximum atomic E-state index is 5.75. The molecule has 21 heavy (non-hydrogen) atoms. The zero-order valence-corrected chi connectivity index (χ0v) is 13.0. The molecule has 114 valence electrons. The molecule has 0 saturated carbocycles. The van der Waals surface area contributed by atoms with Crippen molar-refractivity contribution in [2.24, 2.45) is 0 Å². The van der Waals surface area contributed by atoms with Gasteiger partial charge in [0.2, 0.25) is 0 Å². The van der Waals surface area contributed by atoms with Gasteiger partial charge in [-0.15, -0.1) is 0 Å². The van der Waals surface area contributed by atoms with Crippen LogP contribution in [0, 0.1) is 0 Å². The predicted octanol–water partition coefficient (Wildman–Crippen LogP) is 2.46. The van der Waals surface area contributed by atoms with Gasteiger partial charge < -0.3 is 10.1 Å². The van der Waals surface area contributed by atoms with Gasteiger partial charge in [0.25, 0.3) is 0 Å². The molecule has 1 atom stereocenters. The minimum absolute atomic E-state index is 0.329. The van der Waals surface area contributed by atoms with Crippen molar-refractivity contribution in [3.05, 3.63) is 42.5 Å². The third kappa shape index (κ3) is 4.56. The summed E-state index contributed by atoms with van der Waals surface area (Å²) in [6.07, 6.45) is 3.41. The monoisotopic (exact) mass is 288 g/mol. The molecule has 0 aliphatic rings. The lowest BCUT2D eigenvalue weighted by Gasteiger charge is -2.17. The van der Waals surface area contributed by atoms with Crippen molar-refractivity contribution in [1.29, 1.82) is 0 Å². The Kier molecular flexibility index (Phi) is 5.75. The smallest absolute Gasteiger partial charge is 0.138 e. The van der Waals surface area contributed by atoms with Gasteiger partial charge in [0.15, 0.2) is 0 Å². The van der Waals surface area contributed by atoms with Gasteiger partial charge >= 0.3 is 0 Å². The van der Waals surface area contributed by atoms with E-state index in [2.05, 4.69) is 29.2 Å². The highest BCUT2D eigenvalue weighted by Crippen LogP contribution is 2.11. The van der Waals surface area contributed by atoms with Crippen molar-refractivity contribution in [1.82, 2.24) is 20.1 Å². The number of hydrogen-bond donors (Lipinski definition) is 1. The number of rotatable bonds is 8. The zero-order valence-electron chi connectivity index (χ0n) is 13.0. The Morgan fingerprint density at radius 1 is 1.24 bits per heavy atom. The summed E-state index contributed by atoms with van der Waals surface area (Å²) in [5.41, 5.74) is 0. The first-order valence-electron chi connectivity index (χ1n) is 7.44. The Bertz CT molecular complexity index is 524. The maximum Gasteiger partial charge on any atom is 0.138 e. The summed E-state index contributed by atoms with van der Waals surface area (Å²) in [6.45, 7) is 4.92. The molecule has 1 aromatic heterocycles. The summed E-state index contributed by atoms with van der Waals surface area (Å²) < 4.78 is 7.73. The molecule has 2 aromatic rings. The SMILES string of the molecule is CNC(CCOc1ccccc1)Cc1ncnn1C(C)C. The Labute approximate surface area is 126 Å². The Hall–Kier alpha value is -1.88. The van der Waals surface area contributed by atoms with Crippen molar-refractivity contribution in [3.63, 3.8) is 0 Å². The average Bonchev–Trinajstić information content (AvgIpc) is 2.95. The van der Waals surface area contributed by atoms with Crippen LogP contribution in [0.4, 0.5) is 0 Å². The number of nitrogens with one attached hydrogen (secondary N) is 1. The molecular weight excluding hydrogens is 264 g/mol. The highest BCUT2D eigenvalue weighted by atomic mass is 16.5. The molecule has 1 unspecified atom stereocenters. The van der Waals surface area contributed by atoms with E-state index in [9.17, 15) is 0 Å². The van der Waals surface area contributed by atoms with E-state index in [1.807, 2.05) is 42.1 Å². The fourth-order valence-electron chi connectivity index (χ4n) is 2.26.